The molecule has 5 heteroatoms. The monoisotopic (exact) mass is 426 g/mol. The maximum absolute atomic E-state index is 12.2. The Labute approximate surface area is 182 Å². The SMILES string of the molecule is O=C(CC1CCCC1)C(=O)c1cc(-c2ccccc2)cs1.O=C(O)C1CCCCC1. The van der Waals surface area contributed by atoms with Crippen molar-refractivity contribution in [1.82, 2.24) is 0 Å². The molecule has 1 heterocycles. The van der Waals surface area contributed by atoms with Crippen molar-refractivity contribution in [2.45, 2.75) is 64.2 Å². The van der Waals surface area contributed by atoms with Crippen LogP contribution in [0, 0.1) is 11.8 Å². The summed E-state index contributed by atoms with van der Waals surface area (Å²) >= 11 is 1.37. The zero-order chi connectivity index (χ0) is 21.3. The summed E-state index contributed by atoms with van der Waals surface area (Å²) in [5.74, 6) is -0.735. The molecule has 0 bridgehead atoms. The second-order valence-electron chi connectivity index (χ2n) is 8.35. The topological polar surface area (TPSA) is 71.4 Å². The van der Waals surface area contributed by atoms with E-state index in [0.717, 1.165) is 49.7 Å². The van der Waals surface area contributed by atoms with Crippen LogP contribution in [-0.4, -0.2) is 22.6 Å². The normalized spacial score (nSPS) is 17.2. The second-order valence-corrected chi connectivity index (χ2v) is 9.26. The summed E-state index contributed by atoms with van der Waals surface area (Å²) in [7, 11) is 0. The Bertz CT molecular complexity index is 843. The number of rotatable bonds is 6. The molecule has 4 rings (SSSR count). The highest BCUT2D eigenvalue weighted by molar-refractivity contribution is 7.13. The summed E-state index contributed by atoms with van der Waals surface area (Å²) in [5.41, 5.74) is 2.09. The van der Waals surface area contributed by atoms with Crippen molar-refractivity contribution >= 4 is 28.9 Å². The van der Waals surface area contributed by atoms with Gasteiger partial charge in [-0.3, -0.25) is 14.4 Å². The van der Waals surface area contributed by atoms with E-state index in [1.54, 1.807) is 0 Å². The van der Waals surface area contributed by atoms with Gasteiger partial charge in [0, 0.05) is 6.42 Å². The molecule has 0 spiro atoms. The minimum Gasteiger partial charge on any atom is -0.481 e. The predicted molar refractivity (Wildman–Crippen MR) is 120 cm³/mol. The summed E-state index contributed by atoms with van der Waals surface area (Å²) in [6, 6.07) is 11.8. The van der Waals surface area contributed by atoms with Gasteiger partial charge in [0.15, 0.2) is 0 Å². The standard InChI is InChI=1S/C18H18O2S.C7H12O2/c19-16(10-13-6-4-5-7-13)18(20)17-11-15(12-21-17)14-8-2-1-3-9-14;8-7(9)6-4-2-1-3-5-6/h1-3,8-9,11-13H,4-7,10H2;6H,1-5H2,(H,8,9). The quantitative estimate of drug-likeness (QED) is 0.429. The summed E-state index contributed by atoms with van der Waals surface area (Å²) in [6.07, 6.45) is 10.3. The first-order valence-corrected chi connectivity index (χ1v) is 11.9. The lowest BCUT2D eigenvalue weighted by atomic mass is 9.90. The Hall–Kier alpha value is -2.27. The van der Waals surface area contributed by atoms with Crippen LogP contribution in [0.3, 0.4) is 0 Å². The van der Waals surface area contributed by atoms with Crippen LogP contribution >= 0.6 is 11.3 Å². The van der Waals surface area contributed by atoms with Gasteiger partial charge in [-0.15, -0.1) is 11.3 Å². The summed E-state index contributed by atoms with van der Waals surface area (Å²) < 4.78 is 0. The van der Waals surface area contributed by atoms with Crippen LogP contribution in [0.4, 0.5) is 0 Å². The fraction of sp³-hybridized carbons (Fsp3) is 0.480. The molecule has 2 saturated carbocycles. The molecule has 2 aromatic rings. The molecule has 1 aromatic carbocycles. The number of benzene rings is 1. The highest BCUT2D eigenvalue weighted by atomic mass is 32.1. The van der Waals surface area contributed by atoms with Crippen LogP contribution in [0.5, 0.6) is 0 Å². The predicted octanol–water partition coefficient (Wildman–Crippen LogP) is 6.40. The van der Waals surface area contributed by atoms with Crippen molar-refractivity contribution in [3.05, 3.63) is 46.7 Å². The zero-order valence-corrected chi connectivity index (χ0v) is 18.2. The maximum Gasteiger partial charge on any atom is 0.306 e. The molecule has 1 aromatic heterocycles. The first kappa shape index (κ1) is 22.4. The summed E-state index contributed by atoms with van der Waals surface area (Å²) in [4.78, 5) is 35.3. The van der Waals surface area contributed by atoms with Crippen molar-refractivity contribution in [2.75, 3.05) is 0 Å². The molecule has 2 aliphatic carbocycles. The van der Waals surface area contributed by atoms with Crippen molar-refractivity contribution in [3.8, 4) is 11.1 Å². The van der Waals surface area contributed by atoms with Crippen LogP contribution < -0.4 is 0 Å². The van der Waals surface area contributed by atoms with E-state index < -0.39 is 5.97 Å². The minimum atomic E-state index is -0.602. The van der Waals surface area contributed by atoms with E-state index in [1.807, 2.05) is 41.8 Å². The number of hydrogen-bond donors (Lipinski definition) is 1. The first-order valence-electron chi connectivity index (χ1n) is 11.0. The molecule has 160 valence electrons. The number of hydrogen-bond acceptors (Lipinski definition) is 4. The lowest BCUT2D eigenvalue weighted by Crippen LogP contribution is -2.16. The molecule has 0 radical (unpaired) electrons. The molecule has 2 fully saturated rings. The third kappa shape index (κ3) is 6.36. The molecular formula is C25H30O4S. The first-order chi connectivity index (χ1) is 14.5. The molecular weight excluding hydrogens is 396 g/mol. The largest absolute Gasteiger partial charge is 0.481 e. The zero-order valence-electron chi connectivity index (χ0n) is 17.3. The average Bonchev–Trinajstić information content (AvgIpc) is 3.47. The van der Waals surface area contributed by atoms with Gasteiger partial charge in [-0.1, -0.05) is 75.3 Å². The Kier molecular flexibility index (Phi) is 8.38. The number of carboxylic acid groups (broad SMARTS) is 1. The Morgan fingerprint density at radius 2 is 1.50 bits per heavy atom. The van der Waals surface area contributed by atoms with E-state index in [9.17, 15) is 14.4 Å². The van der Waals surface area contributed by atoms with Crippen molar-refractivity contribution < 1.29 is 19.5 Å². The number of carboxylic acids is 1. The number of thiophene rings is 1. The number of Topliss-reactive ketones (excluding diaryl/α,β-unsaturated/α-hetero) is 2. The molecule has 1 N–H and O–H groups in total. The summed E-state index contributed by atoms with van der Waals surface area (Å²) in [5, 5.41) is 10.5. The summed E-state index contributed by atoms with van der Waals surface area (Å²) in [6.45, 7) is 0. The number of carbonyl (C=O) groups excluding carboxylic acids is 2. The number of carbonyl (C=O) groups is 3. The Balaban J connectivity index is 0.000000239. The van der Waals surface area contributed by atoms with Crippen LogP contribution in [-0.2, 0) is 9.59 Å². The van der Waals surface area contributed by atoms with Gasteiger partial charge in [-0.05, 0) is 41.3 Å². The van der Waals surface area contributed by atoms with Gasteiger partial charge in [-0.2, -0.15) is 0 Å². The van der Waals surface area contributed by atoms with Crippen LogP contribution in [0.15, 0.2) is 41.8 Å². The third-order valence-electron chi connectivity index (χ3n) is 6.09. The van der Waals surface area contributed by atoms with Crippen molar-refractivity contribution in [1.29, 1.82) is 0 Å². The number of aliphatic carboxylic acids is 1. The van der Waals surface area contributed by atoms with Gasteiger partial charge in [0.2, 0.25) is 11.6 Å². The van der Waals surface area contributed by atoms with E-state index in [1.165, 1.54) is 30.6 Å². The molecule has 0 saturated heterocycles. The molecule has 0 amide bonds. The van der Waals surface area contributed by atoms with E-state index in [-0.39, 0.29) is 17.5 Å². The molecule has 4 nitrogen and oxygen atoms in total. The highest BCUT2D eigenvalue weighted by Gasteiger charge is 2.24. The molecule has 0 atom stereocenters. The van der Waals surface area contributed by atoms with Gasteiger partial charge < -0.3 is 5.11 Å². The van der Waals surface area contributed by atoms with Gasteiger partial charge in [-0.25, -0.2) is 0 Å². The van der Waals surface area contributed by atoms with E-state index in [2.05, 4.69) is 0 Å². The van der Waals surface area contributed by atoms with Crippen molar-refractivity contribution in [3.63, 3.8) is 0 Å². The lowest BCUT2D eigenvalue weighted by Gasteiger charge is -2.16. The fourth-order valence-electron chi connectivity index (χ4n) is 4.29. The minimum absolute atomic E-state index is 0.0289. The molecule has 2 aliphatic rings. The molecule has 0 unspecified atom stereocenters. The smallest absolute Gasteiger partial charge is 0.306 e. The Morgan fingerprint density at radius 3 is 2.10 bits per heavy atom. The van der Waals surface area contributed by atoms with Crippen molar-refractivity contribution in [2.24, 2.45) is 11.8 Å². The Morgan fingerprint density at radius 1 is 0.867 bits per heavy atom. The van der Waals surface area contributed by atoms with Gasteiger partial charge >= 0.3 is 5.97 Å². The molecule has 0 aliphatic heterocycles. The van der Waals surface area contributed by atoms with Crippen LogP contribution in [0.1, 0.15) is 73.9 Å². The second kappa shape index (κ2) is 11.2. The fourth-order valence-corrected chi connectivity index (χ4v) is 5.17. The molecule has 30 heavy (non-hydrogen) atoms. The average molecular weight is 427 g/mol. The highest BCUT2D eigenvalue weighted by Crippen LogP contribution is 2.30. The van der Waals surface area contributed by atoms with Crippen LogP contribution in [0.2, 0.25) is 0 Å². The van der Waals surface area contributed by atoms with E-state index >= 15 is 0 Å². The maximum atomic E-state index is 12.2. The van der Waals surface area contributed by atoms with E-state index in [4.69, 9.17) is 5.11 Å². The third-order valence-corrected chi connectivity index (χ3v) is 7.02. The lowest BCUT2D eigenvalue weighted by molar-refractivity contribution is -0.142. The van der Waals surface area contributed by atoms with Gasteiger partial charge in [0.25, 0.3) is 0 Å². The van der Waals surface area contributed by atoms with Gasteiger partial charge in [0.05, 0.1) is 10.8 Å². The van der Waals surface area contributed by atoms with E-state index in [0.29, 0.717) is 17.2 Å². The number of ketones is 2. The van der Waals surface area contributed by atoms with Gasteiger partial charge in [0.1, 0.15) is 0 Å². The van der Waals surface area contributed by atoms with Crippen LogP contribution in [0.25, 0.3) is 11.1 Å².